The van der Waals surface area contributed by atoms with Crippen LogP contribution in [-0.2, 0) is 14.8 Å². The lowest BCUT2D eigenvalue weighted by molar-refractivity contribution is 0.180. The molecule has 0 aromatic heterocycles. The standard InChI is InChI=1S/C13H19FN2O3S/c1-8-5-11(6-12(15)13(8)14)20(17,18)16-9(2)10-3-4-19-7-10/h5-6,9-10,16H,3-4,7,15H2,1-2H3. The van der Waals surface area contributed by atoms with Crippen molar-refractivity contribution in [1.82, 2.24) is 4.72 Å². The first-order valence-electron chi connectivity index (χ1n) is 6.47. The second kappa shape index (κ2) is 5.67. The lowest BCUT2D eigenvalue weighted by Crippen LogP contribution is -2.38. The smallest absolute Gasteiger partial charge is 0.240 e. The van der Waals surface area contributed by atoms with E-state index in [2.05, 4.69) is 4.72 Å². The van der Waals surface area contributed by atoms with Gasteiger partial charge < -0.3 is 10.5 Å². The van der Waals surface area contributed by atoms with E-state index >= 15 is 0 Å². The van der Waals surface area contributed by atoms with Crippen molar-refractivity contribution in [1.29, 1.82) is 0 Å². The van der Waals surface area contributed by atoms with Gasteiger partial charge >= 0.3 is 0 Å². The van der Waals surface area contributed by atoms with E-state index in [1.807, 2.05) is 0 Å². The Morgan fingerprint density at radius 1 is 1.50 bits per heavy atom. The van der Waals surface area contributed by atoms with Gasteiger partial charge in [0.15, 0.2) is 0 Å². The molecule has 1 aliphatic heterocycles. The quantitative estimate of drug-likeness (QED) is 0.824. The van der Waals surface area contributed by atoms with Gasteiger partial charge in [0.2, 0.25) is 10.0 Å². The highest BCUT2D eigenvalue weighted by atomic mass is 32.2. The summed E-state index contributed by atoms with van der Waals surface area (Å²) in [6.07, 6.45) is 0.828. The van der Waals surface area contributed by atoms with Gasteiger partial charge in [-0.15, -0.1) is 0 Å². The van der Waals surface area contributed by atoms with Crippen LogP contribution in [0, 0.1) is 18.7 Å². The van der Waals surface area contributed by atoms with Crippen LogP contribution in [0.3, 0.4) is 0 Å². The zero-order valence-electron chi connectivity index (χ0n) is 11.5. The van der Waals surface area contributed by atoms with Gasteiger partial charge in [-0.1, -0.05) is 0 Å². The molecule has 0 bridgehead atoms. The van der Waals surface area contributed by atoms with Gasteiger partial charge in [-0.25, -0.2) is 17.5 Å². The number of halogens is 1. The van der Waals surface area contributed by atoms with Crippen LogP contribution in [0.5, 0.6) is 0 Å². The van der Waals surface area contributed by atoms with E-state index in [4.69, 9.17) is 10.5 Å². The highest BCUT2D eigenvalue weighted by Gasteiger charge is 2.27. The Kier molecular flexibility index (Phi) is 4.31. The van der Waals surface area contributed by atoms with Crippen molar-refractivity contribution in [3.05, 3.63) is 23.5 Å². The molecule has 1 aliphatic rings. The molecule has 0 saturated carbocycles. The van der Waals surface area contributed by atoms with Gasteiger partial charge in [0, 0.05) is 18.6 Å². The normalized spacial score (nSPS) is 21.1. The summed E-state index contributed by atoms with van der Waals surface area (Å²) in [4.78, 5) is -0.0142. The summed E-state index contributed by atoms with van der Waals surface area (Å²) in [7, 11) is -3.71. The number of hydrogen-bond acceptors (Lipinski definition) is 4. The summed E-state index contributed by atoms with van der Waals surface area (Å²) in [6, 6.07) is 2.18. The number of rotatable bonds is 4. The number of nitrogen functional groups attached to an aromatic ring is 1. The molecule has 2 rings (SSSR count). The molecule has 1 heterocycles. The average Bonchev–Trinajstić information content (AvgIpc) is 2.88. The van der Waals surface area contributed by atoms with E-state index in [-0.39, 0.29) is 28.1 Å². The fourth-order valence-electron chi connectivity index (χ4n) is 2.27. The number of aryl methyl sites for hydroxylation is 1. The fourth-order valence-corrected chi connectivity index (χ4v) is 3.71. The first-order valence-corrected chi connectivity index (χ1v) is 7.95. The van der Waals surface area contributed by atoms with Crippen molar-refractivity contribution < 1.29 is 17.5 Å². The topological polar surface area (TPSA) is 81.4 Å². The van der Waals surface area contributed by atoms with Crippen molar-refractivity contribution in [3.63, 3.8) is 0 Å². The van der Waals surface area contributed by atoms with E-state index in [0.717, 1.165) is 12.5 Å². The zero-order valence-corrected chi connectivity index (χ0v) is 12.3. The maximum atomic E-state index is 13.5. The summed E-state index contributed by atoms with van der Waals surface area (Å²) in [5, 5.41) is 0. The van der Waals surface area contributed by atoms with Gasteiger partial charge in [-0.2, -0.15) is 0 Å². The Balaban J connectivity index is 2.21. The SMILES string of the molecule is Cc1cc(S(=O)(=O)NC(C)C2CCOC2)cc(N)c1F. The third kappa shape index (κ3) is 3.11. The third-order valence-corrected chi connectivity index (χ3v) is 5.12. The van der Waals surface area contributed by atoms with Crippen LogP contribution < -0.4 is 10.5 Å². The molecule has 1 aromatic rings. The van der Waals surface area contributed by atoms with Crippen LogP contribution >= 0.6 is 0 Å². The van der Waals surface area contributed by atoms with Gasteiger partial charge in [-0.3, -0.25) is 0 Å². The molecule has 112 valence electrons. The Bertz CT molecular complexity index is 575. The Morgan fingerprint density at radius 2 is 2.20 bits per heavy atom. The average molecular weight is 302 g/mol. The molecule has 5 nitrogen and oxygen atoms in total. The van der Waals surface area contributed by atoms with Gasteiger partial charge in [0.05, 0.1) is 17.2 Å². The number of ether oxygens (including phenoxy) is 1. The summed E-state index contributed by atoms with van der Waals surface area (Å²) < 4.78 is 45.9. The first kappa shape index (κ1) is 15.2. The molecule has 20 heavy (non-hydrogen) atoms. The molecule has 1 fully saturated rings. The minimum atomic E-state index is -3.71. The van der Waals surface area contributed by atoms with E-state index in [1.165, 1.54) is 13.0 Å². The van der Waals surface area contributed by atoms with E-state index < -0.39 is 15.8 Å². The summed E-state index contributed by atoms with van der Waals surface area (Å²) in [6.45, 7) is 4.49. The summed E-state index contributed by atoms with van der Waals surface area (Å²) >= 11 is 0. The highest BCUT2D eigenvalue weighted by Crippen LogP contribution is 2.23. The van der Waals surface area contributed by atoms with Crippen molar-refractivity contribution in [2.24, 2.45) is 5.92 Å². The van der Waals surface area contributed by atoms with Crippen molar-refractivity contribution >= 4 is 15.7 Å². The van der Waals surface area contributed by atoms with Gasteiger partial charge in [-0.05, 0) is 38.0 Å². The molecule has 0 spiro atoms. The number of hydrogen-bond donors (Lipinski definition) is 2. The van der Waals surface area contributed by atoms with Crippen LogP contribution in [0.4, 0.5) is 10.1 Å². The molecule has 2 atom stereocenters. The lowest BCUT2D eigenvalue weighted by atomic mass is 10.0. The van der Waals surface area contributed by atoms with Crippen molar-refractivity contribution in [2.75, 3.05) is 18.9 Å². The number of nitrogens with one attached hydrogen (secondary N) is 1. The zero-order chi connectivity index (χ0) is 14.9. The molecule has 3 N–H and O–H groups in total. The summed E-state index contributed by atoms with van der Waals surface area (Å²) in [5.74, 6) is -0.426. The Labute approximate surface area is 118 Å². The predicted octanol–water partition coefficient (Wildman–Crippen LogP) is 1.42. The van der Waals surface area contributed by atoms with E-state index in [0.29, 0.717) is 13.2 Å². The molecule has 0 aliphatic carbocycles. The van der Waals surface area contributed by atoms with E-state index in [9.17, 15) is 12.8 Å². The van der Waals surface area contributed by atoms with Crippen molar-refractivity contribution in [2.45, 2.75) is 31.2 Å². The second-order valence-electron chi connectivity index (χ2n) is 5.18. The Morgan fingerprint density at radius 3 is 2.75 bits per heavy atom. The van der Waals surface area contributed by atoms with Crippen LogP contribution in [-0.4, -0.2) is 27.7 Å². The Hall–Kier alpha value is -1.18. The number of nitrogens with two attached hydrogens (primary N) is 1. The molecular weight excluding hydrogens is 283 g/mol. The van der Waals surface area contributed by atoms with Crippen LogP contribution in [0.1, 0.15) is 18.9 Å². The monoisotopic (exact) mass is 302 g/mol. The minimum absolute atomic E-state index is 0.0142. The fraction of sp³-hybridized carbons (Fsp3) is 0.538. The largest absolute Gasteiger partial charge is 0.396 e. The molecule has 2 unspecified atom stereocenters. The van der Waals surface area contributed by atoms with Gasteiger partial charge in [0.25, 0.3) is 0 Å². The maximum Gasteiger partial charge on any atom is 0.240 e. The predicted molar refractivity (Wildman–Crippen MR) is 74.3 cm³/mol. The third-order valence-electron chi connectivity index (χ3n) is 3.58. The highest BCUT2D eigenvalue weighted by molar-refractivity contribution is 7.89. The molecule has 7 heteroatoms. The molecule has 0 amide bonds. The minimum Gasteiger partial charge on any atom is -0.396 e. The van der Waals surface area contributed by atoms with Crippen LogP contribution in [0.25, 0.3) is 0 Å². The van der Waals surface area contributed by atoms with Crippen molar-refractivity contribution in [3.8, 4) is 0 Å². The first-order chi connectivity index (χ1) is 9.31. The summed E-state index contributed by atoms with van der Waals surface area (Å²) in [5.41, 5.74) is 5.53. The number of sulfonamides is 1. The number of benzene rings is 1. The molecule has 0 radical (unpaired) electrons. The number of anilines is 1. The molecule has 1 aromatic carbocycles. The molecular formula is C13H19FN2O3S. The lowest BCUT2D eigenvalue weighted by Gasteiger charge is -2.19. The van der Waals surface area contributed by atoms with Crippen LogP contribution in [0.2, 0.25) is 0 Å². The maximum absolute atomic E-state index is 13.5. The van der Waals surface area contributed by atoms with E-state index in [1.54, 1.807) is 6.92 Å². The van der Waals surface area contributed by atoms with Crippen LogP contribution in [0.15, 0.2) is 17.0 Å². The second-order valence-corrected chi connectivity index (χ2v) is 6.89. The van der Waals surface area contributed by atoms with Gasteiger partial charge in [0.1, 0.15) is 5.82 Å². The molecule has 1 saturated heterocycles.